The van der Waals surface area contributed by atoms with Gasteiger partial charge in [0.05, 0.1) is 4.90 Å². The zero-order valence-corrected chi connectivity index (χ0v) is 8.45. The molecule has 14 heavy (non-hydrogen) atoms. The second kappa shape index (κ2) is 4.07. The smallest absolute Gasteiger partial charge is 0.216 e. The lowest BCUT2D eigenvalue weighted by Crippen LogP contribution is -2.02. The van der Waals surface area contributed by atoms with Gasteiger partial charge in [-0.25, -0.2) is 8.42 Å². The summed E-state index contributed by atoms with van der Waals surface area (Å²) in [7, 11) is -3.60. The van der Waals surface area contributed by atoms with Gasteiger partial charge in [0.15, 0.2) is 0 Å². The lowest BCUT2D eigenvalue weighted by atomic mass is 10.4. The summed E-state index contributed by atoms with van der Waals surface area (Å²) >= 11 is 0. The van der Waals surface area contributed by atoms with Crippen LogP contribution in [0.4, 0.5) is 0 Å². The number of hydrogen-bond donors (Lipinski definition) is 0. The summed E-state index contributed by atoms with van der Waals surface area (Å²) < 4.78 is 23.4. The highest BCUT2D eigenvalue weighted by molar-refractivity contribution is 7.95. The molecular formula is C10H9NO2S. The van der Waals surface area contributed by atoms with Crippen LogP contribution in [-0.4, -0.2) is 8.42 Å². The first-order valence-corrected chi connectivity index (χ1v) is 5.48. The van der Waals surface area contributed by atoms with Crippen molar-refractivity contribution >= 4 is 9.84 Å². The van der Waals surface area contributed by atoms with E-state index in [9.17, 15) is 8.42 Å². The molecule has 0 amide bonds. The number of sulfone groups is 1. The quantitative estimate of drug-likeness (QED) is 0.696. The lowest BCUT2D eigenvalue weighted by Gasteiger charge is -2.00. The standard InChI is InChI=1S/C10H9NO2S/c1-2-9(8-11)14(12,13)10-6-4-3-5-7-10/h2-7H,1H3/b9-2+. The van der Waals surface area contributed by atoms with Gasteiger partial charge in [0.2, 0.25) is 9.84 Å². The monoisotopic (exact) mass is 207 g/mol. The fourth-order valence-electron chi connectivity index (χ4n) is 1.01. The average molecular weight is 207 g/mol. The van der Waals surface area contributed by atoms with Crippen molar-refractivity contribution in [2.75, 3.05) is 0 Å². The molecule has 1 rings (SSSR count). The van der Waals surface area contributed by atoms with Crippen molar-refractivity contribution in [2.45, 2.75) is 11.8 Å². The molecule has 0 aliphatic heterocycles. The Bertz CT molecular complexity index is 481. The Labute approximate surface area is 83.2 Å². The fraction of sp³-hybridized carbons (Fsp3) is 0.100. The molecule has 0 N–H and O–H groups in total. The third-order valence-corrected chi connectivity index (χ3v) is 3.51. The van der Waals surface area contributed by atoms with Crippen molar-refractivity contribution in [3.05, 3.63) is 41.3 Å². The van der Waals surface area contributed by atoms with Gasteiger partial charge in [0, 0.05) is 0 Å². The summed E-state index contributed by atoms with van der Waals surface area (Å²) in [6.45, 7) is 1.53. The van der Waals surface area contributed by atoms with Gasteiger partial charge in [-0.1, -0.05) is 24.3 Å². The molecule has 0 saturated heterocycles. The normalized spacial score (nSPS) is 12.1. The van der Waals surface area contributed by atoms with E-state index in [-0.39, 0.29) is 9.80 Å². The largest absolute Gasteiger partial charge is 0.218 e. The molecule has 0 spiro atoms. The Hall–Kier alpha value is -1.60. The summed E-state index contributed by atoms with van der Waals surface area (Å²) in [6, 6.07) is 9.57. The van der Waals surface area contributed by atoms with E-state index in [0.29, 0.717) is 0 Å². The first-order chi connectivity index (χ1) is 6.62. The van der Waals surface area contributed by atoms with Gasteiger partial charge in [0.25, 0.3) is 0 Å². The van der Waals surface area contributed by atoms with Crippen LogP contribution in [0.1, 0.15) is 6.92 Å². The van der Waals surface area contributed by atoms with Crippen LogP contribution in [0.15, 0.2) is 46.2 Å². The molecule has 0 aromatic heterocycles. The molecule has 0 saturated carbocycles. The maximum absolute atomic E-state index is 11.7. The second-order valence-corrected chi connectivity index (χ2v) is 4.50. The first-order valence-electron chi connectivity index (χ1n) is 3.99. The van der Waals surface area contributed by atoms with Crippen molar-refractivity contribution in [2.24, 2.45) is 0 Å². The van der Waals surface area contributed by atoms with Crippen molar-refractivity contribution in [3.8, 4) is 6.07 Å². The van der Waals surface area contributed by atoms with E-state index in [1.54, 1.807) is 24.3 Å². The molecule has 72 valence electrons. The average Bonchev–Trinajstić information content (AvgIpc) is 2.20. The fourth-order valence-corrected chi connectivity index (χ4v) is 2.21. The Morgan fingerprint density at radius 1 is 1.36 bits per heavy atom. The van der Waals surface area contributed by atoms with Crippen LogP contribution < -0.4 is 0 Å². The van der Waals surface area contributed by atoms with E-state index in [1.807, 2.05) is 0 Å². The lowest BCUT2D eigenvalue weighted by molar-refractivity contribution is 0.603. The molecule has 0 atom stereocenters. The van der Waals surface area contributed by atoms with Crippen molar-refractivity contribution in [1.82, 2.24) is 0 Å². The summed E-state index contributed by atoms with van der Waals surface area (Å²) in [5.41, 5.74) is 0. The number of hydrogen-bond acceptors (Lipinski definition) is 3. The predicted molar refractivity (Wildman–Crippen MR) is 53.0 cm³/mol. The molecule has 1 aromatic carbocycles. The highest BCUT2D eigenvalue weighted by Gasteiger charge is 2.18. The molecule has 3 nitrogen and oxygen atoms in total. The van der Waals surface area contributed by atoms with E-state index >= 15 is 0 Å². The van der Waals surface area contributed by atoms with Crippen LogP contribution in [0, 0.1) is 11.3 Å². The van der Waals surface area contributed by atoms with Crippen molar-refractivity contribution in [1.29, 1.82) is 5.26 Å². The minimum atomic E-state index is -3.60. The predicted octanol–water partition coefficient (Wildman–Crippen LogP) is 1.89. The van der Waals surface area contributed by atoms with E-state index < -0.39 is 9.84 Å². The number of nitriles is 1. The van der Waals surface area contributed by atoms with E-state index in [0.717, 1.165) is 0 Å². The van der Waals surface area contributed by atoms with Gasteiger partial charge >= 0.3 is 0 Å². The van der Waals surface area contributed by atoms with Gasteiger partial charge in [-0.15, -0.1) is 0 Å². The van der Waals surface area contributed by atoms with E-state index in [4.69, 9.17) is 5.26 Å². The molecule has 0 unspecified atom stereocenters. The third kappa shape index (κ3) is 1.83. The van der Waals surface area contributed by atoms with Gasteiger partial charge < -0.3 is 0 Å². The van der Waals surface area contributed by atoms with Gasteiger partial charge in [-0.05, 0) is 19.1 Å². The minimum Gasteiger partial charge on any atom is -0.218 e. The zero-order chi connectivity index (χ0) is 10.6. The summed E-state index contributed by atoms with van der Waals surface area (Å²) in [4.78, 5) is -0.0710. The number of nitrogens with zero attached hydrogens (tertiary/aromatic N) is 1. The Morgan fingerprint density at radius 2 is 1.93 bits per heavy atom. The highest BCUT2D eigenvalue weighted by Crippen LogP contribution is 2.17. The van der Waals surface area contributed by atoms with Crippen LogP contribution in [0.2, 0.25) is 0 Å². The Balaban J connectivity index is 3.32. The van der Waals surface area contributed by atoms with Crippen LogP contribution in [0.5, 0.6) is 0 Å². The summed E-state index contributed by atoms with van der Waals surface area (Å²) in [6.07, 6.45) is 1.29. The maximum Gasteiger partial charge on any atom is 0.216 e. The van der Waals surface area contributed by atoms with Gasteiger partial charge in [-0.2, -0.15) is 5.26 Å². The zero-order valence-electron chi connectivity index (χ0n) is 7.64. The Morgan fingerprint density at radius 3 is 2.36 bits per heavy atom. The van der Waals surface area contributed by atoms with Crippen molar-refractivity contribution < 1.29 is 8.42 Å². The molecule has 0 fully saturated rings. The van der Waals surface area contributed by atoms with E-state index in [2.05, 4.69) is 0 Å². The molecule has 0 bridgehead atoms. The molecule has 0 radical (unpaired) electrons. The molecule has 0 heterocycles. The Kier molecular flexibility index (Phi) is 3.05. The highest BCUT2D eigenvalue weighted by atomic mass is 32.2. The van der Waals surface area contributed by atoms with Crippen LogP contribution in [0.25, 0.3) is 0 Å². The van der Waals surface area contributed by atoms with Gasteiger partial charge in [-0.3, -0.25) is 0 Å². The number of allylic oxidation sites excluding steroid dienone is 2. The topological polar surface area (TPSA) is 57.9 Å². The number of benzene rings is 1. The SMILES string of the molecule is C/C=C(\C#N)S(=O)(=O)c1ccccc1. The van der Waals surface area contributed by atoms with Crippen LogP contribution in [0.3, 0.4) is 0 Å². The maximum atomic E-state index is 11.7. The third-order valence-electron chi connectivity index (χ3n) is 1.72. The van der Waals surface area contributed by atoms with E-state index in [1.165, 1.54) is 25.1 Å². The van der Waals surface area contributed by atoms with Gasteiger partial charge in [0.1, 0.15) is 11.0 Å². The second-order valence-electron chi connectivity index (χ2n) is 2.58. The van der Waals surface area contributed by atoms with Crippen molar-refractivity contribution in [3.63, 3.8) is 0 Å². The molecule has 4 heteroatoms. The minimum absolute atomic E-state index is 0.148. The molecule has 1 aromatic rings. The summed E-state index contributed by atoms with van der Waals surface area (Å²) in [5.74, 6) is 0. The summed E-state index contributed by atoms with van der Waals surface area (Å²) in [5, 5.41) is 8.63. The van der Waals surface area contributed by atoms with Crippen LogP contribution >= 0.6 is 0 Å². The molecular weight excluding hydrogens is 198 g/mol. The molecule has 0 aliphatic carbocycles. The molecule has 0 aliphatic rings. The number of rotatable bonds is 2. The van der Waals surface area contributed by atoms with Crippen LogP contribution in [-0.2, 0) is 9.84 Å². The first kappa shape index (κ1) is 10.5.